The minimum absolute atomic E-state index is 0.0132. The molecule has 0 amide bonds. The molecule has 2 aromatic heterocycles. The number of anilines is 6. The number of pyridine rings is 1. The lowest BCUT2D eigenvalue weighted by Gasteiger charge is -2.45. The molecule has 6 aromatic rings. The molecule has 3 aliphatic rings. The number of hydrogen-bond acceptors (Lipinski definition) is 4. The minimum Gasteiger partial charge on any atom is -0.310 e. The van der Waals surface area contributed by atoms with E-state index >= 15 is 0 Å². The summed E-state index contributed by atoms with van der Waals surface area (Å²) in [5.74, 6) is 1.05. The van der Waals surface area contributed by atoms with Crippen LogP contribution < -0.4 is 25.5 Å². The Morgan fingerprint density at radius 3 is 1.73 bits per heavy atom. The third-order valence-corrected chi connectivity index (χ3v) is 15.3. The Morgan fingerprint density at radius 2 is 1.12 bits per heavy atom. The lowest BCUT2D eigenvalue weighted by Crippen LogP contribution is -2.61. The average Bonchev–Trinajstić information content (AvgIpc) is 3.53. The topological polar surface area (TPSA) is 19.4 Å². The van der Waals surface area contributed by atoms with Crippen molar-refractivity contribution in [2.45, 2.75) is 156 Å². The molecule has 3 nitrogen and oxygen atoms in total. The van der Waals surface area contributed by atoms with Gasteiger partial charge in [-0.15, -0.1) is 11.3 Å². The summed E-state index contributed by atoms with van der Waals surface area (Å²) in [6.07, 6.45) is 2.37. The first kappa shape index (κ1) is 41.0. The maximum absolute atomic E-state index is 5.79. The lowest BCUT2D eigenvalue weighted by atomic mass is 9.36. The molecule has 0 spiro atoms. The number of fused-ring (bicyclic) bond motifs is 7. The van der Waals surface area contributed by atoms with E-state index in [4.69, 9.17) is 4.98 Å². The van der Waals surface area contributed by atoms with Crippen LogP contribution >= 0.6 is 11.3 Å². The van der Waals surface area contributed by atoms with Crippen LogP contribution in [0.15, 0.2) is 84.9 Å². The maximum Gasteiger partial charge on any atom is 0.266 e. The van der Waals surface area contributed by atoms with Crippen LogP contribution in [0.1, 0.15) is 157 Å². The van der Waals surface area contributed by atoms with Gasteiger partial charge < -0.3 is 4.90 Å². The first-order valence-electron chi connectivity index (χ1n) is 22.4. The number of hydrogen-bond donors (Lipinski definition) is 0. The quantitative estimate of drug-likeness (QED) is 0.162. The van der Waals surface area contributed by atoms with Gasteiger partial charge in [-0.1, -0.05) is 147 Å². The fourth-order valence-electron chi connectivity index (χ4n) is 10.0. The van der Waals surface area contributed by atoms with E-state index in [9.17, 15) is 0 Å². The molecule has 4 aromatic carbocycles. The fourth-order valence-corrected chi connectivity index (χ4v) is 11.3. The zero-order valence-electron chi connectivity index (χ0n) is 39.3. The third kappa shape index (κ3) is 6.47. The largest absolute Gasteiger partial charge is 0.310 e. The van der Waals surface area contributed by atoms with Crippen LogP contribution in [-0.4, -0.2) is 11.7 Å². The molecule has 0 bridgehead atoms. The first-order chi connectivity index (χ1) is 27.8. The summed E-state index contributed by atoms with van der Waals surface area (Å²) < 4.78 is 2.74. The molecule has 0 unspecified atom stereocenters. The second-order valence-electron chi connectivity index (χ2n) is 23.7. The summed E-state index contributed by atoms with van der Waals surface area (Å²) in [5, 5.41) is 1.34. The van der Waals surface area contributed by atoms with Crippen LogP contribution in [0.4, 0.5) is 34.3 Å². The van der Waals surface area contributed by atoms with Crippen LogP contribution in [-0.2, 0) is 32.5 Å². The summed E-state index contributed by atoms with van der Waals surface area (Å²) in [6, 6.07) is 33.8. The molecule has 60 heavy (non-hydrogen) atoms. The predicted molar refractivity (Wildman–Crippen MR) is 264 cm³/mol. The number of benzene rings is 4. The van der Waals surface area contributed by atoms with E-state index in [2.05, 4.69) is 206 Å². The Hall–Kier alpha value is -4.35. The van der Waals surface area contributed by atoms with Crippen molar-refractivity contribution in [2.24, 2.45) is 0 Å². The van der Waals surface area contributed by atoms with E-state index in [-0.39, 0.29) is 39.2 Å². The Morgan fingerprint density at radius 1 is 0.550 bits per heavy atom. The highest BCUT2D eigenvalue weighted by molar-refractivity contribution is 7.33. The van der Waals surface area contributed by atoms with Crippen molar-refractivity contribution in [1.29, 1.82) is 0 Å². The van der Waals surface area contributed by atoms with E-state index in [1.54, 1.807) is 0 Å². The van der Waals surface area contributed by atoms with Gasteiger partial charge in [0.15, 0.2) is 0 Å². The van der Waals surface area contributed by atoms with Crippen LogP contribution in [0.25, 0.3) is 10.1 Å². The Bertz CT molecular complexity index is 2700. The van der Waals surface area contributed by atoms with Crippen molar-refractivity contribution < 1.29 is 0 Å². The van der Waals surface area contributed by atoms with Gasteiger partial charge in [0.05, 0.1) is 11.4 Å². The molecule has 0 fully saturated rings. The monoisotopic (exact) mass is 812 g/mol. The van der Waals surface area contributed by atoms with E-state index in [0.29, 0.717) is 0 Å². The van der Waals surface area contributed by atoms with Crippen LogP contribution in [0.5, 0.6) is 0 Å². The second-order valence-corrected chi connectivity index (χ2v) is 24.8. The van der Waals surface area contributed by atoms with Crippen LogP contribution in [0, 0.1) is 0 Å². The normalized spacial score (nSPS) is 17.0. The van der Waals surface area contributed by atoms with Gasteiger partial charge in [0, 0.05) is 43.0 Å². The van der Waals surface area contributed by atoms with E-state index in [1.165, 1.54) is 89.2 Å². The molecule has 4 heterocycles. The summed E-state index contributed by atoms with van der Waals surface area (Å²) >= 11 is 1.99. The van der Waals surface area contributed by atoms with Gasteiger partial charge in [0.1, 0.15) is 5.82 Å². The molecule has 310 valence electrons. The minimum atomic E-state index is -0.191. The molecule has 9 rings (SSSR count). The molecule has 0 saturated carbocycles. The Labute approximate surface area is 365 Å². The Kier molecular flexibility index (Phi) is 8.95. The van der Waals surface area contributed by atoms with Crippen LogP contribution in [0.2, 0.25) is 0 Å². The van der Waals surface area contributed by atoms with Crippen molar-refractivity contribution in [3.63, 3.8) is 0 Å². The fraction of sp³-hybridized carbons (Fsp3) is 0.436. The molecule has 0 radical (unpaired) electrons. The maximum atomic E-state index is 5.79. The zero-order chi connectivity index (χ0) is 43.3. The lowest BCUT2D eigenvalue weighted by molar-refractivity contribution is 0.332. The van der Waals surface area contributed by atoms with E-state index < -0.39 is 0 Å². The first-order valence-corrected chi connectivity index (χ1v) is 23.2. The van der Waals surface area contributed by atoms with Crippen molar-refractivity contribution in [3.8, 4) is 0 Å². The molecule has 0 N–H and O–H groups in total. The zero-order valence-corrected chi connectivity index (χ0v) is 40.1. The SMILES string of the molecule is CC(C)(C)c1ccc(N2c3ccc(C(C)(C)C)cc3B3c4sc5ccc(C(C)(C)C)cc5c4N(c4ccc5c(c4)C(C)(C)CCC5(C)C)c4cc(C(C)(C)C)nc2c43)cc1. The highest BCUT2D eigenvalue weighted by atomic mass is 32.1. The van der Waals surface area contributed by atoms with E-state index in [1.807, 2.05) is 11.3 Å². The van der Waals surface area contributed by atoms with Gasteiger partial charge in [-0.05, 0) is 127 Å². The predicted octanol–water partition coefficient (Wildman–Crippen LogP) is 13.9. The molecule has 1 aliphatic carbocycles. The van der Waals surface area contributed by atoms with Crippen molar-refractivity contribution in [1.82, 2.24) is 4.98 Å². The number of thiophene rings is 1. The van der Waals surface area contributed by atoms with Gasteiger partial charge in [-0.2, -0.15) is 0 Å². The molecular weight excluding hydrogens is 746 g/mol. The highest BCUT2D eigenvalue weighted by Crippen LogP contribution is 2.52. The van der Waals surface area contributed by atoms with Gasteiger partial charge in [-0.25, -0.2) is 4.98 Å². The standard InChI is InChI=1S/C55H66BN3S/c1-50(2,3)33-17-21-36(22-18-33)59-42-25-19-35(52(7,8)9)30-41(42)56-46-43(32-45(53(10,11)12)57-49(46)59)58(37-23-24-39-40(31-37)55(15,16)28-27-54(39,13)14)47-38-29-34(51(4,5)6)20-26-44(38)60-48(47)56/h17-26,29-32H,27-28H2,1-16H3. The van der Waals surface area contributed by atoms with Gasteiger partial charge >= 0.3 is 0 Å². The molecule has 2 aliphatic heterocycles. The van der Waals surface area contributed by atoms with E-state index in [0.717, 1.165) is 17.2 Å². The third-order valence-electron chi connectivity index (χ3n) is 14.1. The smallest absolute Gasteiger partial charge is 0.266 e. The highest BCUT2D eigenvalue weighted by Gasteiger charge is 2.48. The second kappa shape index (κ2) is 13.1. The Balaban J connectivity index is 1.43. The number of rotatable bonds is 2. The number of nitrogens with zero attached hydrogens (tertiary/aromatic N) is 3. The summed E-state index contributed by atoms with van der Waals surface area (Å²) in [6.45, 7) is 37.7. The molecule has 0 atom stereocenters. The molecule has 5 heteroatoms. The van der Waals surface area contributed by atoms with Gasteiger partial charge in [0.2, 0.25) is 0 Å². The van der Waals surface area contributed by atoms with Crippen molar-refractivity contribution in [2.75, 3.05) is 9.80 Å². The summed E-state index contributed by atoms with van der Waals surface area (Å²) in [4.78, 5) is 11.0. The molecule has 0 saturated heterocycles. The summed E-state index contributed by atoms with van der Waals surface area (Å²) in [5.41, 5.74) is 17.0. The van der Waals surface area contributed by atoms with Gasteiger partial charge in [-0.3, -0.25) is 4.90 Å². The van der Waals surface area contributed by atoms with Crippen LogP contribution in [0.3, 0.4) is 0 Å². The molecular formula is C55H66BN3S. The summed E-state index contributed by atoms with van der Waals surface area (Å²) in [7, 11) is 0. The average molecular weight is 812 g/mol. The van der Waals surface area contributed by atoms with Gasteiger partial charge in [0.25, 0.3) is 6.71 Å². The van der Waals surface area contributed by atoms with Crippen molar-refractivity contribution >= 4 is 78.1 Å². The number of aromatic nitrogens is 1. The van der Waals surface area contributed by atoms with Crippen molar-refractivity contribution in [3.05, 3.63) is 118 Å².